The fraction of sp³-hybridized carbons (Fsp3) is 0.200. The summed E-state index contributed by atoms with van der Waals surface area (Å²) >= 11 is 0. The maximum Gasteiger partial charge on any atom is 0.261 e. The zero-order valence-electron chi connectivity index (χ0n) is 14.1. The van der Waals surface area contributed by atoms with Gasteiger partial charge in [-0.15, -0.1) is 6.58 Å². The van der Waals surface area contributed by atoms with Gasteiger partial charge in [0.1, 0.15) is 5.56 Å². The maximum atomic E-state index is 12.8. The number of benzene rings is 1. The zero-order chi connectivity index (χ0) is 17.5. The molecule has 0 aliphatic heterocycles. The third kappa shape index (κ3) is 4.32. The van der Waals surface area contributed by atoms with E-state index in [0.717, 1.165) is 11.3 Å². The summed E-state index contributed by atoms with van der Waals surface area (Å²) < 4.78 is 0. The van der Waals surface area contributed by atoms with Crippen molar-refractivity contribution >= 4 is 12.0 Å². The van der Waals surface area contributed by atoms with Gasteiger partial charge in [0.05, 0.1) is 0 Å². The third-order valence-corrected chi connectivity index (χ3v) is 3.65. The number of pyridine rings is 1. The molecule has 0 aliphatic carbocycles. The van der Waals surface area contributed by atoms with Crippen LogP contribution in [0.4, 0.5) is 0 Å². The van der Waals surface area contributed by atoms with Crippen molar-refractivity contribution in [2.24, 2.45) is 0 Å². The summed E-state index contributed by atoms with van der Waals surface area (Å²) in [5.74, 6) is -0.286. The SMILES string of the molecule is C=CCN(CC=Cc1ccccc1)C(=O)c1c(C)cc(C)[nH]c1=O. The Morgan fingerprint density at radius 2 is 1.92 bits per heavy atom. The summed E-state index contributed by atoms with van der Waals surface area (Å²) in [4.78, 5) is 29.2. The average molecular weight is 322 g/mol. The van der Waals surface area contributed by atoms with Crippen LogP contribution in [-0.4, -0.2) is 28.9 Å². The Bertz CT molecular complexity index is 804. The monoisotopic (exact) mass is 322 g/mol. The number of nitrogens with one attached hydrogen (secondary N) is 1. The fourth-order valence-electron chi connectivity index (χ4n) is 2.55. The number of rotatable bonds is 6. The van der Waals surface area contributed by atoms with Gasteiger partial charge in [0.2, 0.25) is 0 Å². The molecular formula is C20H22N2O2. The highest BCUT2D eigenvalue weighted by molar-refractivity contribution is 5.95. The van der Waals surface area contributed by atoms with Crippen LogP contribution >= 0.6 is 0 Å². The van der Waals surface area contributed by atoms with Gasteiger partial charge in [-0.2, -0.15) is 0 Å². The standard InChI is InChI=1S/C20H22N2O2/c1-4-12-22(13-8-11-17-9-6-5-7-10-17)20(24)18-15(2)14-16(3)21-19(18)23/h4-11,14H,1,12-13H2,2-3H3,(H,21,23). The van der Waals surface area contributed by atoms with E-state index in [0.29, 0.717) is 18.7 Å². The van der Waals surface area contributed by atoms with E-state index in [1.807, 2.05) is 42.5 Å². The highest BCUT2D eigenvalue weighted by atomic mass is 16.2. The number of nitrogens with zero attached hydrogens (tertiary/aromatic N) is 1. The molecule has 0 saturated heterocycles. The first-order valence-electron chi connectivity index (χ1n) is 7.85. The number of hydrogen-bond acceptors (Lipinski definition) is 2. The zero-order valence-corrected chi connectivity index (χ0v) is 14.1. The van der Waals surface area contributed by atoms with Crippen molar-refractivity contribution in [3.63, 3.8) is 0 Å². The maximum absolute atomic E-state index is 12.8. The minimum absolute atomic E-state index is 0.190. The van der Waals surface area contributed by atoms with E-state index in [2.05, 4.69) is 11.6 Å². The molecule has 1 amide bonds. The van der Waals surface area contributed by atoms with E-state index in [-0.39, 0.29) is 17.0 Å². The van der Waals surface area contributed by atoms with Crippen molar-refractivity contribution in [3.05, 3.63) is 87.9 Å². The molecule has 0 aliphatic rings. The van der Waals surface area contributed by atoms with Crippen molar-refractivity contribution in [2.75, 3.05) is 13.1 Å². The Morgan fingerprint density at radius 3 is 2.54 bits per heavy atom. The van der Waals surface area contributed by atoms with E-state index in [9.17, 15) is 9.59 Å². The van der Waals surface area contributed by atoms with Crippen LogP contribution in [0.1, 0.15) is 27.2 Å². The van der Waals surface area contributed by atoms with E-state index < -0.39 is 0 Å². The van der Waals surface area contributed by atoms with Crippen molar-refractivity contribution < 1.29 is 4.79 Å². The van der Waals surface area contributed by atoms with Crippen molar-refractivity contribution in [1.29, 1.82) is 0 Å². The largest absolute Gasteiger partial charge is 0.331 e. The van der Waals surface area contributed by atoms with Crippen LogP contribution in [0.3, 0.4) is 0 Å². The Kier molecular flexibility index (Phi) is 5.90. The number of hydrogen-bond donors (Lipinski definition) is 1. The molecule has 0 atom stereocenters. The topological polar surface area (TPSA) is 53.2 Å². The first-order valence-corrected chi connectivity index (χ1v) is 7.85. The van der Waals surface area contributed by atoms with Gasteiger partial charge >= 0.3 is 0 Å². The molecule has 0 fully saturated rings. The number of aryl methyl sites for hydroxylation is 2. The first-order chi connectivity index (χ1) is 11.5. The van der Waals surface area contributed by atoms with Crippen molar-refractivity contribution in [1.82, 2.24) is 9.88 Å². The van der Waals surface area contributed by atoms with E-state index in [4.69, 9.17) is 0 Å². The molecule has 1 N–H and O–H groups in total. The molecular weight excluding hydrogens is 300 g/mol. The van der Waals surface area contributed by atoms with Gasteiger partial charge in [-0.3, -0.25) is 9.59 Å². The molecule has 0 unspecified atom stereocenters. The number of aromatic amines is 1. The first kappa shape index (κ1) is 17.5. The molecule has 4 heteroatoms. The van der Waals surface area contributed by atoms with Crippen LogP contribution in [0.2, 0.25) is 0 Å². The lowest BCUT2D eigenvalue weighted by Crippen LogP contribution is -2.36. The summed E-state index contributed by atoms with van der Waals surface area (Å²) in [7, 11) is 0. The number of carbonyl (C=O) groups is 1. The third-order valence-electron chi connectivity index (χ3n) is 3.65. The van der Waals surface area contributed by atoms with Crippen LogP contribution in [0.25, 0.3) is 6.08 Å². The Balaban J connectivity index is 2.21. The normalized spacial score (nSPS) is 10.8. The van der Waals surface area contributed by atoms with Crippen molar-refractivity contribution in [3.8, 4) is 0 Å². The molecule has 2 aromatic rings. The fourth-order valence-corrected chi connectivity index (χ4v) is 2.55. The second kappa shape index (κ2) is 8.11. The molecule has 124 valence electrons. The predicted molar refractivity (Wildman–Crippen MR) is 98.1 cm³/mol. The highest BCUT2D eigenvalue weighted by Crippen LogP contribution is 2.09. The van der Waals surface area contributed by atoms with Gasteiger partial charge in [0.15, 0.2) is 0 Å². The molecule has 0 spiro atoms. The molecule has 0 bridgehead atoms. The minimum Gasteiger partial charge on any atom is -0.331 e. The summed E-state index contributed by atoms with van der Waals surface area (Å²) in [5.41, 5.74) is 2.33. The molecule has 4 nitrogen and oxygen atoms in total. The number of carbonyl (C=O) groups excluding carboxylic acids is 1. The lowest BCUT2D eigenvalue weighted by molar-refractivity contribution is 0.0788. The smallest absolute Gasteiger partial charge is 0.261 e. The molecule has 0 radical (unpaired) electrons. The van der Waals surface area contributed by atoms with Crippen molar-refractivity contribution in [2.45, 2.75) is 13.8 Å². The van der Waals surface area contributed by atoms with Crippen LogP contribution < -0.4 is 5.56 Å². The lowest BCUT2D eigenvalue weighted by atomic mass is 10.1. The molecule has 0 saturated carbocycles. The van der Waals surface area contributed by atoms with Crippen LogP contribution in [0, 0.1) is 13.8 Å². The number of amides is 1. The van der Waals surface area contributed by atoms with Gasteiger partial charge in [-0.25, -0.2) is 0 Å². The lowest BCUT2D eigenvalue weighted by Gasteiger charge is -2.20. The highest BCUT2D eigenvalue weighted by Gasteiger charge is 2.19. The van der Waals surface area contributed by atoms with Gasteiger partial charge < -0.3 is 9.88 Å². The Morgan fingerprint density at radius 1 is 1.21 bits per heavy atom. The summed E-state index contributed by atoms with van der Waals surface area (Å²) in [6.45, 7) is 8.06. The van der Waals surface area contributed by atoms with Crippen LogP contribution in [0.5, 0.6) is 0 Å². The number of aromatic nitrogens is 1. The van der Waals surface area contributed by atoms with Crippen LogP contribution in [0.15, 0.2) is 59.9 Å². The van der Waals surface area contributed by atoms with Gasteiger partial charge in [-0.1, -0.05) is 48.6 Å². The average Bonchev–Trinajstić information content (AvgIpc) is 2.54. The van der Waals surface area contributed by atoms with E-state index in [1.54, 1.807) is 30.9 Å². The Labute approximate surface area is 142 Å². The quantitative estimate of drug-likeness (QED) is 0.829. The second-order valence-corrected chi connectivity index (χ2v) is 5.65. The summed E-state index contributed by atoms with van der Waals surface area (Å²) in [6.07, 6.45) is 5.52. The molecule has 1 aromatic heterocycles. The van der Waals surface area contributed by atoms with Gasteiger partial charge in [-0.05, 0) is 31.0 Å². The second-order valence-electron chi connectivity index (χ2n) is 5.65. The van der Waals surface area contributed by atoms with Gasteiger partial charge in [0.25, 0.3) is 11.5 Å². The van der Waals surface area contributed by atoms with Gasteiger partial charge in [0, 0.05) is 18.8 Å². The number of H-pyrrole nitrogens is 1. The predicted octanol–water partition coefficient (Wildman–Crippen LogP) is 3.33. The molecule has 2 rings (SSSR count). The molecule has 1 heterocycles. The van der Waals surface area contributed by atoms with E-state index in [1.165, 1.54) is 0 Å². The summed E-state index contributed by atoms with van der Waals surface area (Å²) in [6, 6.07) is 11.7. The molecule has 24 heavy (non-hydrogen) atoms. The molecule has 1 aromatic carbocycles. The Hall–Kier alpha value is -2.88. The summed E-state index contributed by atoms with van der Waals surface area (Å²) in [5, 5.41) is 0. The van der Waals surface area contributed by atoms with E-state index >= 15 is 0 Å². The minimum atomic E-state index is -0.349. The van der Waals surface area contributed by atoms with Crippen LogP contribution in [-0.2, 0) is 0 Å².